The van der Waals surface area contributed by atoms with Crippen molar-refractivity contribution < 1.29 is 0 Å². The van der Waals surface area contributed by atoms with Gasteiger partial charge in [0.1, 0.15) is 0 Å². The summed E-state index contributed by atoms with van der Waals surface area (Å²) < 4.78 is 2.49. The van der Waals surface area contributed by atoms with Crippen molar-refractivity contribution in [3.8, 4) is 5.69 Å². The highest BCUT2D eigenvalue weighted by molar-refractivity contribution is 6.13. The van der Waals surface area contributed by atoms with Gasteiger partial charge in [-0.1, -0.05) is 92.7 Å². The highest BCUT2D eigenvalue weighted by Gasteiger charge is 2.35. The average Bonchev–Trinajstić information content (AvgIpc) is 3.37. The van der Waals surface area contributed by atoms with Gasteiger partial charge in [0.15, 0.2) is 0 Å². The molecule has 0 amide bonds. The lowest BCUT2D eigenvalue weighted by molar-refractivity contribution is 0.630. The summed E-state index contributed by atoms with van der Waals surface area (Å²) in [5.74, 6) is 0. The highest BCUT2D eigenvalue weighted by Crippen LogP contribution is 2.55. The number of anilines is 6. The van der Waals surface area contributed by atoms with Crippen LogP contribution in [0.4, 0.5) is 34.1 Å². The van der Waals surface area contributed by atoms with Gasteiger partial charge < -0.3 is 14.4 Å². The quantitative estimate of drug-likeness (QED) is 0.216. The molecule has 6 aromatic carbocycles. The summed E-state index contributed by atoms with van der Waals surface area (Å²) >= 11 is 0. The Morgan fingerprint density at radius 3 is 1.64 bits per heavy atom. The molecule has 42 heavy (non-hydrogen) atoms. The Hall–Kier alpha value is -5.28. The van der Waals surface area contributed by atoms with Gasteiger partial charge in [0.25, 0.3) is 0 Å². The summed E-state index contributed by atoms with van der Waals surface area (Å²) in [6, 6.07) is 50.8. The van der Waals surface area contributed by atoms with Gasteiger partial charge in [-0.25, -0.2) is 0 Å². The van der Waals surface area contributed by atoms with E-state index in [9.17, 15) is 0 Å². The maximum Gasteiger partial charge on any atom is 0.0703 e. The lowest BCUT2D eigenvalue weighted by Crippen LogP contribution is -2.26. The lowest BCUT2D eigenvalue weighted by Gasteiger charge is -2.40. The van der Waals surface area contributed by atoms with E-state index in [0.717, 1.165) is 11.4 Å². The topological polar surface area (TPSA) is 11.4 Å². The summed E-state index contributed by atoms with van der Waals surface area (Å²) in [4.78, 5) is 4.80. The summed E-state index contributed by atoms with van der Waals surface area (Å²) in [7, 11) is 0. The molecule has 3 heterocycles. The first kappa shape index (κ1) is 23.4. The van der Waals surface area contributed by atoms with Crippen LogP contribution in [0.25, 0.3) is 27.5 Å². The van der Waals surface area contributed by atoms with Crippen LogP contribution in [0.5, 0.6) is 0 Å². The predicted octanol–water partition coefficient (Wildman–Crippen LogP) is 10.7. The summed E-state index contributed by atoms with van der Waals surface area (Å²) in [6.45, 7) is 4.71. The van der Waals surface area contributed by atoms with Crippen molar-refractivity contribution >= 4 is 55.9 Å². The normalized spacial score (nSPS) is 14.5. The van der Waals surface area contributed by atoms with Crippen molar-refractivity contribution in [2.45, 2.75) is 19.3 Å². The van der Waals surface area contributed by atoms with Crippen molar-refractivity contribution in [3.05, 3.63) is 151 Å². The first-order chi connectivity index (χ1) is 20.6. The molecule has 0 radical (unpaired) electrons. The fourth-order valence-corrected chi connectivity index (χ4v) is 7.37. The fourth-order valence-electron chi connectivity index (χ4n) is 7.37. The Labute approximate surface area is 245 Å². The van der Waals surface area contributed by atoms with E-state index >= 15 is 0 Å². The van der Waals surface area contributed by atoms with Gasteiger partial charge in [0.05, 0.1) is 39.5 Å². The zero-order valence-electron chi connectivity index (χ0n) is 23.6. The van der Waals surface area contributed by atoms with E-state index in [1.54, 1.807) is 0 Å². The first-order valence-electron chi connectivity index (χ1n) is 14.6. The zero-order valence-corrected chi connectivity index (χ0v) is 23.6. The molecule has 0 N–H and O–H groups in total. The summed E-state index contributed by atoms with van der Waals surface area (Å²) in [6.07, 6.45) is 0. The second-order valence-corrected chi connectivity index (χ2v) is 11.9. The van der Waals surface area contributed by atoms with E-state index in [4.69, 9.17) is 0 Å². The molecular weight excluding hydrogens is 510 g/mol. The molecule has 0 aliphatic carbocycles. The van der Waals surface area contributed by atoms with E-state index < -0.39 is 0 Å². The standard InChI is InChI=1S/C39H29N3/c1-39(2)30-16-6-7-18-33(30)42-32-24-23-27(25-29(32)28-15-12-17-31(39)38(28)42)41-36-21-10-8-19-34(36)40(26-13-4-3-5-14-26)35-20-9-11-22-37(35)41/h3-25H,1-2H3. The molecule has 9 rings (SSSR count). The van der Waals surface area contributed by atoms with E-state index in [2.05, 4.69) is 168 Å². The molecule has 7 aromatic rings. The molecule has 200 valence electrons. The maximum absolute atomic E-state index is 2.49. The van der Waals surface area contributed by atoms with Crippen LogP contribution in [-0.4, -0.2) is 4.57 Å². The number of para-hydroxylation sites is 7. The molecular formula is C39H29N3. The molecule has 0 spiro atoms. The molecule has 0 fully saturated rings. The molecule has 0 bridgehead atoms. The number of fused-ring (bicyclic) bond motifs is 7. The van der Waals surface area contributed by atoms with E-state index in [1.807, 2.05) is 0 Å². The van der Waals surface area contributed by atoms with Gasteiger partial charge in [0.2, 0.25) is 0 Å². The van der Waals surface area contributed by atoms with Crippen LogP contribution in [0.15, 0.2) is 140 Å². The molecule has 3 heteroatoms. The van der Waals surface area contributed by atoms with Crippen LogP contribution >= 0.6 is 0 Å². The van der Waals surface area contributed by atoms with Crippen LogP contribution < -0.4 is 9.80 Å². The van der Waals surface area contributed by atoms with Crippen molar-refractivity contribution in [1.29, 1.82) is 0 Å². The van der Waals surface area contributed by atoms with Gasteiger partial charge in [0, 0.05) is 27.6 Å². The van der Waals surface area contributed by atoms with Gasteiger partial charge in [-0.15, -0.1) is 0 Å². The summed E-state index contributed by atoms with van der Waals surface area (Å²) in [5, 5.41) is 2.58. The Bertz CT molecular complexity index is 2140. The Balaban J connectivity index is 1.32. The second-order valence-electron chi connectivity index (χ2n) is 11.9. The maximum atomic E-state index is 2.49. The van der Waals surface area contributed by atoms with Crippen molar-refractivity contribution in [2.75, 3.05) is 9.80 Å². The number of benzene rings is 6. The van der Waals surface area contributed by atoms with Gasteiger partial charge in [-0.2, -0.15) is 0 Å². The second kappa shape index (κ2) is 8.37. The smallest absolute Gasteiger partial charge is 0.0703 e. The minimum absolute atomic E-state index is 0.0744. The van der Waals surface area contributed by atoms with E-state index in [1.165, 1.54) is 61.4 Å². The largest absolute Gasteiger partial charge is 0.309 e. The van der Waals surface area contributed by atoms with Crippen molar-refractivity contribution in [1.82, 2.24) is 4.57 Å². The average molecular weight is 540 g/mol. The zero-order chi connectivity index (χ0) is 28.0. The number of nitrogens with zero attached hydrogens (tertiary/aromatic N) is 3. The molecule has 0 atom stereocenters. The van der Waals surface area contributed by atoms with Crippen molar-refractivity contribution in [3.63, 3.8) is 0 Å². The fraction of sp³-hybridized carbons (Fsp3) is 0.0769. The third kappa shape index (κ3) is 3.00. The summed E-state index contributed by atoms with van der Waals surface area (Å²) in [5.41, 5.74) is 13.5. The van der Waals surface area contributed by atoms with E-state index in [-0.39, 0.29) is 5.41 Å². The monoisotopic (exact) mass is 539 g/mol. The predicted molar refractivity (Wildman–Crippen MR) is 176 cm³/mol. The van der Waals surface area contributed by atoms with E-state index in [0.29, 0.717) is 0 Å². The van der Waals surface area contributed by atoms with Crippen LogP contribution in [-0.2, 0) is 5.41 Å². The number of rotatable bonds is 2. The first-order valence-corrected chi connectivity index (χ1v) is 14.6. The molecule has 0 saturated carbocycles. The van der Waals surface area contributed by atoms with Crippen LogP contribution in [0.2, 0.25) is 0 Å². The third-order valence-electron chi connectivity index (χ3n) is 9.26. The minimum atomic E-state index is -0.0744. The van der Waals surface area contributed by atoms with Crippen LogP contribution in [0.3, 0.4) is 0 Å². The van der Waals surface area contributed by atoms with Crippen LogP contribution in [0.1, 0.15) is 25.0 Å². The van der Waals surface area contributed by atoms with Gasteiger partial charge in [-0.05, 0) is 71.8 Å². The van der Waals surface area contributed by atoms with Gasteiger partial charge >= 0.3 is 0 Å². The molecule has 1 aromatic heterocycles. The lowest BCUT2D eigenvalue weighted by atomic mass is 9.75. The third-order valence-corrected chi connectivity index (χ3v) is 9.26. The molecule has 2 aliphatic heterocycles. The molecule has 2 aliphatic rings. The Morgan fingerprint density at radius 1 is 0.429 bits per heavy atom. The van der Waals surface area contributed by atoms with Gasteiger partial charge in [-0.3, -0.25) is 0 Å². The molecule has 0 saturated heterocycles. The van der Waals surface area contributed by atoms with Crippen molar-refractivity contribution in [2.24, 2.45) is 0 Å². The molecule has 3 nitrogen and oxygen atoms in total. The van der Waals surface area contributed by atoms with Crippen LogP contribution in [0, 0.1) is 0 Å². The number of aromatic nitrogens is 1. The molecule has 0 unspecified atom stereocenters. The highest BCUT2D eigenvalue weighted by atomic mass is 15.3. The minimum Gasteiger partial charge on any atom is -0.309 e. The number of hydrogen-bond donors (Lipinski definition) is 0. The SMILES string of the molecule is CC1(C)c2ccccc2-n2c3ccc(N4c5ccccc5N(c5ccccc5)c5ccccc54)cc3c3cccc1c32. The Morgan fingerprint density at radius 2 is 0.976 bits per heavy atom. The number of hydrogen-bond acceptors (Lipinski definition) is 2. The Kier molecular flexibility index (Phi) is 4.67.